The summed E-state index contributed by atoms with van der Waals surface area (Å²) in [5.41, 5.74) is -0.00997. The van der Waals surface area contributed by atoms with Gasteiger partial charge >= 0.3 is 5.97 Å². The fourth-order valence-corrected chi connectivity index (χ4v) is 6.08. The molecule has 2 heterocycles. The Hall–Kier alpha value is -3.53. The number of halogens is 4. The second-order valence-electron chi connectivity index (χ2n) is 11.5. The van der Waals surface area contributed by atoms with Gasteiger partial charge in [0.2, 0.25) is 11.8 Å². The van der Waals surface area contributed by atoms with Crippen molar-refractivity contribution < 1.29 is 32.7 Å². The summed E-state index contributed by atoms with van der Waals surface area (Å²) in [6, 6.07) is 4.72. The van der Waals surface area contributed by atoms with Crippen LogP contribution in [-0.2, 0) is 16.1 Å². The van der Waals surface area contributed by atoms with E-state index in [0.717, 1.165) is 62.0 Å². The van der Waals surface area contributed by atoms with Crippen LogP contribution in [0, 0.1) is 17.5 Å². The van der Waals surface area contributed by atoms with Crippen LogP contribution in [0.25, 0.3) is 10.9 Å². The number of hydrogen-bond donors (Lipinski definition) is 3. The Labute approximate surface area is 260 Å². The quantitative estimate of drug-likeness (QED) is 0.252. The van der Waals surface area contributed by atoms with E-state index in [0.29, 0.717) is 35.3 Å². The summed E-state index contributed by atoms with van der Waals surface area (Å²) in [5, 5.41) is 13.7. The van der Waals surface area contributed by atoms with E-state index in [2.05, 4.69) is 10.3 Å². The molecule has 11 heteroatoms. The van der Waals surface area contributed by atoms with Crippen molar-refractivity contribution in [2.24, 2.45) is 0 Å². The first-order valence-corrected chi connectivity index (χ1v) is 15.8. The highest BCUT2D eigenvalue weighted by molar-refractivity contribution is 6.31. The Morgan fingerprint density at radius 2 is 1.43 bits per heavy atom. The molecule has 1 fully saturated rings. The number of aromatic nitrogens is 1. The van der Waals surface area contributed by atoms with Crippen LogP contribution in [0.5, 0.6) is 0 Å². The van der Waals surface area contributed by atoms with Gasteiger partial charge in [-0.3, -0.25) is 9.59 Å². The van der Waals surface area contributed by atoms with E-state index in [1.165, 1.54) is 25.3 Å². The molecule has 7 nitrogen and oxygen atoms in total. The molecule has 1 saturated heterocycles. The molecule has 0 saturated carbocycles. The minimum absolute atomic E-state index is 0.0314. The van der Waals surface area contributed by atoms with Crippen LogP contribution in [0.4, 0.5) is 13.2 Å². The van der Waals surface area contributed by atoms with Crippen molar-refractivity contribution in [2.45, 2.75) is 96.1 Å². The lowest BCUT2D eigenvalue weighted by atomic mass is 9.98. The highest BCUT2D eigenvalue weighted by atomic mass is 35.5. The first-order chi connectivity index (χ1) is 21.2. The van der Waals surface area contributed by atoms with Crippen molar-refractivity contribution in [3.8, 4) is 0 Å². The maximum atomic E-state index is 14.3. The number of fused-ring (bicyclic) bond motifs is 1. The number of benzene rings is 2. The summed E-state index contributed by atoms with van der Waals surface area (Å²) in [5.74, 6) is -6.99. The number of carbonyl (C=O) groups excluding carboxylic acids is 2. The largest absolute Gasteiger partial charge is 0.477 e. The fraction of sp³-hybridized carbons (Fsp3) is 0.485. The molecule has 2 aromatic carbocycles. The fourth-order valence-electron chi connectivity index (χ4n) is 5.91. The van der Waals surface area contributed by atoms with Gasteiger partial charge in [-0.25, -0.2) is 18.0 Å². The molecule has 3 aromatic rings. The Bertz CT molecular complexity index is 1450. The number of aromatic amines is 1. The molecule has 0 aliphatic carbocycles. The smallest absolute Gasteiger partial charge is 0.352 e. The molecular weight excluding hydrogens is 595 g/mol. The Morgan fingerprint density at radius 1 is 0.864 bits per heavy atom. The average Bonchev–Trinajstić information content (AvgIpc) is 3.35. The zero-order valence-corrected chi connectivity index (χ0v) is 25.5. The Morgan fingerprint density at radius 3 is 2.02 bits per heavy atom. The van der Waals surface area contributed by atoms with Crippen LogP contribution in [0.15, 0.2) is 30.3 Å². The Balaban J connectivity index is 1.79. The zero-order chi connectivity index (χ0) is 31.6. The molecule has 0 radical (unpaired) electrons. The van der Waals surface area contributed by atoms with Crippen LogP contribution < -0.4 is 5.32 Å². The minimum atomic E-state index is -1.65. The number of amides is 2. The summed E-state index contributed by atoms with van der Waals surface area (Å²) in [6.45, 7) is -0.155. The number of nitrogens with zero attached hydrogens (tertiary/aromatic N) is 1. The molecule has 238 valence electrons. The van der Waals surface area contributed by atoms with E-state index < -0.39 is 47.8 Å². The van der Waals surface area contributed by atoms with Gasteiger partial charge in [0.15, 0.2) is 17.5 Å². The third kappa shape index (κ3) is 8.55. The summed E-state index contributed by atoms with van der Waals surface area (Å²) in [6.07, 6.45) is 11.7. The van der Waals surface area contributed by atoms with Gasteiger partial charge in [-0.2, -0.15) is 0 Å². The summed E-state index contributed by atoms with van der Waals surface area (Å²) < 4.78 is 42.4. The van der Waals surface area contributed by atoms with Gasteiger partial charge in [0.25, 0.3) is 0 Å². The van der Waals surface area contributed by atoms with Crippen LogP contribution in [-0.4, -0.2) is 39.3 Å². The molecule has 0 bridgehead atoms. The minimum Gasteiger partial charge on any atom is -0.477 e. The van der Waals surface area contributed by atoms with Crippen molar-refractivity contribution in [2.75, 3.05) is 6.54 Å². The van der Waals surface area contributed by atoms with Gasteiger partial charge in [-0.1, -0.05) is 81.9 Å². The molecule has 2 amide bonds. The standard InChI is InChI=1S/C33H39ClF3N3O4/c34-22-14-15-23-26(19-22)39-30(33(43)44)28(23)31-32(42)38-16-12-10-8-6-4-2-1-3-5-7-9-11-13-27(41)40(31)20-21-17-24(35)29(37)25(36)18-21/h14-15,17-19,31,39H,1-13,16,20H2,(H,38,42)(H,43,44)/t31-/m0/s1. The molecule has 3 N–H and O–H groups in total. The molecule has 1 aliphatic heterocycles. The van der Waals surface area contributed by atoms with Crippen molar-refractivity contribution in [3.05, 3.63) is 69.6 Å². The van der Waals surface area contributed by atoms with Crippen LogP contribution in [0.2, 0.25) is 5.02 Å². The number of nitrogens with one attached hydrogen (secondary N) is 2. The van der Waals surface area contributed by atoms with Crippen molar-refractivity contribution in [1.82, 2.24) is 15.2 Å². The van der Waals surface area contributed by atoms with E-state index in [1.807, 2.05) is 0 Å². The van der Waals surface area contributed by atoms with E-state index in [4.69, 9.17) is 11.6 Å². The van der Waals surface area contributed by atoms with E-state index in [-0.39, 0.29) is 23.2 Å². The third-order valence-electron chi connectivity index (χ3n) is 8.18. The molecule has 1 aliphatic rings. The van der Waals surface area contributed by atoms with Crippen molar-refractivity contribution >= 4 is 40.3 Å². The van der Waals surface area contributed by atoms with E-state index in [1.54, 1.807) is 12.1 Å². The maximum Gasteiger partial charge on any atom is 0.352 e. The van der Waals surface area contributed by atoms with Crippen LogP contribution >= 0.6 is 11.6 Å². The van der Waals surface area contributed by atoms with E-state index >= 15 is 0 Å². The molecule has 0 unspecified atom stereocenters. The number of hydrogen-bond acceptors (Lipinski definition) is 3. The average molecular weight is 634 g/mol. The monoisotopic (exact) mass is 633 g/mol. The number of carboxylic acids is 1. The van der Waals surface area contributed by atoms with Gasteiger partial charge in [0.05, 0.1) is 0 Å². The van der Waals surface area contributed by atoms with Crippen molar-refractivity contribution in [3.63, 3.8) is 0 Å². The molecule has 0 spiro atoms. The molecule has 44 heavy (non-hydrogen) atoms. The number of carboxylic acid groups (broad SMARTS) is 1. The number of rotatable bonds is 4. The van der Waals surface area contributed by atoms with E-state index in [9.17, 15) is 32.7 Å². The predicted octanol–water partition coefficient (Wildman–Crippen LogP) is 8.21. The first kappa shape index (κ1) is 33.4. The second kappa shape index (κ2) is 16.0. The highest BCUT2D eigenvalue weighted by Crippen LogP contribution is 2.35. The normalized spacial score (nSPS) is 18.8. The number of H-pyrrole nitrogens is 1. The zero-order valence-electron chi connectivity index (χ0n) is 24.7. The van der Waals surface area contributed by atoms with Gasteiger partial charge in [-0.05, 0) is 42.7 Å². The summed E-state index contributed by atoms with van der Waals surface area (Å²) in [7, 11) is 0. The molecule has 1 atom stereocenters. The van der Waals surface area contributed by atoms with Crippen LogP contribution in [0.1, 0.15) is 111 Å². The topological polar surface area (TPSA) is 102 Å². The molecule has 4 rings (SSSR count). The lowest BCUT2D eigenvalue weighted by Gasteiger charge is -2.32. The lowest BCUT2D eigenvalue weighted by molar-refractivity contribution is -0.141. The first-order valence-electron chi connectivity index (χ1n) is 15.4. The second-order valence-corrected chi connectivity index (χ2v) is 11.9. The summed E-state index contributed by atoms with van der Waals surface area (Å²) >= 11 is 6.17. The molecular formula is C33H39ClF3N3O4. The summed E-state index contributed by atoms with van der Waals surface area (Å²) in [4.78, 5) is 44.4. The van der Waals surface area contributed by atoms with Gasteiger partial charge in [0, 0.05) is 41.0 Å². The third-order valence-corrected chi connectivity index (χ3v) is 8.42. The lowest BCUT2D eigenvalue weighted by Crippen LogP contribution is -2.44. The van der Waals surface area contributed by atoms with Crippen molar-refractivity contribution in [1.29, 1.82) is 0 Å². The van der Waals surface area contributed by atoms with Crippen LogP contribution in [0.3, 0.4) is 0 Å². The highest BCUT2D eigenvalue weighted by Gasteiger charge is 2.37. The SMILES string of the molecule is O=C(O)c1[nH]c2cc(Cl)ccc2c1[C@H]1C(=O)NCCCCCCCCCCCCCCC(=O)N1Cc1cc(F)c(F)c(F)c1. The maximum absolute atomic E-state index is 14.3. The number of aromatic carboxylic acids is 1. The predicted molar refractivity (Wildman–Crippen MR) is 163 cm³/mol. The number of carbonyl (C=O) groups is 3. The van der Waals surface area contributed by atoms with Gasteiger partial charge in [0.1, 0.15) is 11.7 Å². The molecule has 1 aromatic heterocycles. The van der Waals surface area contributed by atoms with Gasteiger partial charge < -0.3 is 20.3 Å². The van der Waals surface area contributed by atoms with Gasteiger partial charge in [-0.15, -0.1) is 0 Å². The Kier molecular flexibility index (Phi) is 12.1.